The topological polar surface area (TPSA) is 61.8 Å². The molecular formula is C23H15ClO5. The SMILES string of the molecule is COc1ccccc1C=C1Oc2cc(OC(=O)c3ccc(Cl)cc3)ccc2C1=O. The van der Waals surface area contributed by atoms with E-state index in [0.29, 0.717) is 27.6 Å². The van der Waals surface area contributed by atoms with Gasteiger partial charge in [0.25, 0.3) is 0 Å². The first-order valence-electron chi connectivity index (χ1n) is 8.74. The zero-order valence-electron chi connectivity index (χ0n) is 15.3. The van der Waals surface area contributed by atoms with Crippen molar-refractivity contribution in [1.82, 2.24) is 0 Å². The molecule has 29 heavy (non-hydrogen) atoms. The fourth-order valence-corrected chi connectivity index (χ4v) is 3.04. The van der Waals surface area contributed by atoms with Gasteiger partial charge < -0.3 is 14.2 Å². The van der Waals surface area contributed by atoms with Gasteiger partial charge in [-0.05, 0) is 48.5 Å². The number of hydrogen-bond acceptors (Lipinski definition) is 5. The number of para-hydroxylation sites is 1. The maximum atomic E-state index is 12.6. The predicted octanol–water partition coefficient (Wildman–Crippen LogP) is 5.18. The molecule has 0 spiro atoms. The largest absolute Gasteiger partial charge is 0.496 e. The molecule has 144 valence electrons. The van der Waals surface area contributed by atoms with E-state index in [2.05, 4.69) is 0 Å². The molecule has 0 aromatic heterocycles. The Morgan fingerprint density at radius 3 is 2.55 bits per heavy atom. The van der Waals surface area contributed by atoms with Crippen LogP contribution in [0.15, 0.2) is 72.5 Å². The fraction of sp³-hybridized carbons (Fsp3) is 0.0435. The molecule has 0 amide bonds. The van der Waals surface area contributed by atoms with Crippen LogP contribution in [0.3, 0.4) is 0 Å². The maximum Gasteiger partial charge on any atom is 0.343 e. The summed E-state index contributed by atoms with van der Waals surface area (Å²) in [7, 11) is 1.56. The van der Waals surface area contributed by atoms with E-state index in [-0.39, 0.29) is 17.3 Å². The number of allylic oxidation sites excluding steroid dienone is 1. The first kappa shape index (κ1) is 18.8. The zero-order chi connectivity index (χ0) is 20.4. The van der Waals surface area contributed by atoms with Gasteiger partial charge in [0.2, 0.25) is 5.78 Å². The first-order chi connectivity index (χ1) is 14.0. The average Bonchev–Trinajstić information content (AvgIpc) is 3.03. The van der Waals surface area contributed by atoms with Crippen LogP contribution in [0.4, 0.5) is 0 Å². The summed E-state index contributed by atoms with van der Waals surface area (Å²) in [6.07, 6.45) is 1.63. The molecule has 5 nitrogen and oxygen atoms in total. The third-order valence-electron chi connectivity index (χ3n) is 4.36. The van der Waals surface area contributed by atoms with Gasteiger partial charge in [-0.3, -0.25) is 4.79 Å². The van der Waals surface area contributed by atoms with Gasteiger partial charge in [-0.1, -0.05) is 29.8 Å². The highest BCUT2D eigenvalue weighted by molar-refractivity contribution is 6.30. The van der Waals surface area contributed by atoms with Crippen molar-refractivity contribution in [3.05, 3.63) is 94.2 Å². The van der Waals surface area contributed by atoms with Crippen LogP contribution in [0.5, 0.6) is 17.2 Å². The minimum Gasteiger partial charge on any atom is -0.496 e. The van der Waals surface area contributed by atoms with Crippen molar-refractivity contribution in [2.75, 3.05) is 7.11 Å². The van der Waals surface area contributed by atoms with Crippen molar-refractivity contribution in [2.24, 2.45) is 0 Å². The Kier molecular flexibility index (Phi) is 5.06. The van der Waals surface area contributed by atoms with E-state index in [0.717, 1.165) is 5.56 Å². The van der Waals surface area contributed by atoms with Crippen LogP contribution >= 0.6 is 11.6 Å². The standard InChI is InChI=1S/C23H15ClO5/c1-27-19-5-3-2-4-15(19)12-21-22(25)18-11-10-17(13-20(18)29-21)28-23(26)14-6-8-16(24)9-7-14/h2-13H,1H3. The van der Waals surface area contributed by atoms with Crippen LogP contribution in [0.25, 0.3) is 6.08 Å². The van der Waals surface area contributed by atoms with Crippen LogP contribution in [0, 0.1) is 0 Å². The number of benzene rings is 3. The number of esters is 1. The molecule has 6 heteroatoms. The third-order valence-corrected chi connectivity index (χ3v) is 4.61. The Labute approximate surface area is 172 Å². The van der Waals surface area contributed by atoms with Crippen molar-refractivity contribution in [3.8, 4) is 17.2 Å². The van der Waals surface area contributed by atoms with E-state index >= 15 is 0 Å². The van der Waals surface area contributed by atoms with Gasteiger partial charge in [-0.25, -0.2) is 4.79 Å². The molecule has 0 fully saturated rings. The Hall–Kier alpha value is -3.57. The number of Topliss-reactive ketones (excluding diaryl/α,β-unsaturated/α-hetero) is 1. The Balaban J connectivity index is 1.56. The Morgan fingerprint density at radius 2 is 1.79 bits per heavy atom. The highest BCUT2D eigenvalue weighted by Gasteiger charge is 2.28. The predicted molar refractivity (Wildman–Crippen MR) is 109 cm³/mol. The summed E-state index contributed by atoms with van der Waals surface area (Å²) in [6, 6.07) is 18.3. The lowest BCUT2D eigenvalue weighted by atomic mass is 10.1. The van der Waals surface area contributed by atoms with E-state index in [1.807, 2.05) is 18.2 Å². The molecule has 0 aliphatic carbocycles. The highest BCUT2D eigenvalue weighted by atomic mass is 35.5. The zero-order valence-corrected chi connectivity index (χ0v) is 16.1. The quantitative estimate of drug-likeness (QED) is 0.339. The molecule has 4 rings (SSSR count). The minimum atomic E-state index is -0.532. The van der Waals surface area contributed by atoms with Crippen LogP contribution < -0.4 is 14.2 Å². The van der Waals surface area contributed by atoms with Gasteiger partial charge >= 0.3 is 5.97 Å². The normalized spacial score (nSPS) is 13.7. The minimum absolute atomic E-state index is 0.172. The van der Waals surface area contributed by atoms with Crippen LogP contribution in [0.2, 0.25) is 5.02 Å². The molecule has 3 aromatic rings. The molecule has 1 aliphatic rings. The average molecular weight is 407 g/mol. The van der Waals surface area contributed by atoms with Crippen LogP contribution in [-0.2, 0) is 0 Å². The molecule has 0 saturated carbocycles. The van der Waals surface area contributed by atoms with E-state index < -0.39 is 5.97 Å². The molecule has 0 radical (unpaired) electrons. The number of carbonyl (C=O) groups is 2. The summed E-state index contributed by atoms with van der Waals surface area (Å²) in [6.45, 7) is 0. The molecule has 0 saturated heterocycles. The lowest BCUT2D eigenvalue weighted by Gasteiger charge is -2.06. The van der Waals surface area contributed by atoms with Crippen LogP contribution in [0.1, 0.15) is 26.3 Å². The second-order valence-electron chi connectivity index (χ2n) is 6.24. The monoisotopic (exact) mass is 406 g/mol. The summed E-state index contributed by atoms with van der Waals surface area (Å²) >= 11 is 5.83. The second kappa shape index (κ2) is 7.81. The molecular weight excluding hydrogens is 392 g/mol. The highest BCUT2D eigenvalue weighted by Crippen LogP contribution is 2.36. The van der Waals surface area contributed by atoms with E-state index in [4.69, 9.17) is 25.8 Å². The number of carbonyl (C=O) groups excluding carboxylic acids is 2. The summed E-state index contributed by atoms with van der Waals surface area (Å²) in [5, 5.41) is 0.528. The van der Waals surface area contributed by atoms with Crippen molar-refractivity contribution < 1.29 is 23.8 Å². The van der Waals surface area contributed by atoms with Crippen molar-refractivity contribution in [3.63, 3.8) is 0 Å². The Bertz CT molecular complexity index is 1130. The molecule has 0 N–H and O–H groups in total. The molecule has 1 heterocycles. The van der Waals surface area contributed by atoms with Gasteiger partial charge in [0.05, 0.1) is 18.2 Å². The first-order valence-corrected chi connectivity index (χ1v) is 9.12. The Morgan fingerprint density at radius 1 is 1.03 bits per heavy atom. The van der Waals surface area contributed by atoms with Gasteiger partial charge in [0, 0.05) is 16.7 Å². The van der Waals surface area contributed by atoms with Crippen molar-refractivity contribution >= 4 is 29.4 Å². The number of ketones is 1. The second-order valence-corrected chi connectivity index (χ2v) is 6.67. The number of rotatable bonds is 4. The van der Waals surface area contributed by atoms with Gasteiger partial charge in [-0.2, -0.15) is 0 Å². The lowest BCUT2D eigenvalue weighted by Crippen LogP contribution is -2.08. The summed E-state index contributed by atoms with van der Waals surface area (Å²) in [4.78, 5) is 24.9. The molecule has 0 atom stereocenters. The third kappa shape index (κ3) is 3.86. The number of methoxy groups -OCH3 is 1. The molecule has 1 aliphatic heterocycles. The van der Waals surface area contributed by atoms with Gasteiger partial charge in [0.1, 0.15) is 17.2 Å². The smallest absolute Gasteiger partial charge is 0.343 e. The number of ether oxygens (including phenoxy) is 3. The van der Waals surface area contributed by atoms with Gasteiger partial charge in [0.15, 0.2) is 5.76 Å². The van der Waals surface area contributed by atoms with E-state index in [1.54, 1.807) is 55.7 Å². The number of fused-ring (bicyclic) bond motifs is 1. The van der Waals surface area contributed by atoms with Crippen molar-refractivity contribution in [2.45, 2.75) is 0 Å². The summed E-state index contributed by atoms with van der Waals surface area (Å²) in [5.41, 5.74) is 1.49. The maximum absolute atomic E-state index is 12.6. The molecule has 0 unspecified atom stereocenters. The molecule has 0 bridgehead atoms. The van der Waals surface area contributed by atoms with Gasteiger partial charge in [-0.15, -0.1) is 0 Å². The number of halogens is 1. The summed E-state index contributed by atoms with van der Waals surface area (Å²) < 4.78 is 16.4. The van der Waals surface area contributed by atoms with Crippen LogP contribution in [-0.4, -0.2) is 18.9 Å². The van der Waals surface area contributed by atoms with E-state index in [9.17, 15) is 9.59 Å². The number of hydrogen-bond donors (Lipinski definition) is 0. The molecule has 3 aromatic carbocycles. The van der Waals surface area contributed by atoms with E-state index in [1.165, 1.54) is 6.07 Å². The van der Waals surface area contributed by atoms with Crippen molar-refractivity contribution in [1.29, 1.82) is 0 Å². The lowest BCUT2D eigenvalue weighted by molar-refractivity contribution is 0.0734. The fourth-order valence-electron chi connectivity index (χ4n) is 2.91. The summed E-state index contributed by atoms with van der Waals surface area (Å²) in [5.74, 6) is 0.625.